The zero-order chi connectivity index (χ0) is 29.3. The monoisotopic (exact) mass is 693 g/mol. The molecule has 1 aromatic heterocycles. The molecule has 12 heteroatoms. The van der Waals surface area contributed by atoms with Gasteiger partial charge < -0.3 is 14.6 Å². The van der Waals surface area contributed by atoms with Crippen LogP contribution in [-0.2, 0) is 21.2 Å². The number of hydrogen-bond acceptors (Lipinski definition) is 6. The van der Waals surface area contributed by atoms with Gasteiger partial charge >= 0.3 is 5.97 Å². The van der Waals surface area contributed by atoms with E-state index in [0.29, 0.717) is 34.5 Å². The van der Waals surface area contributed by atoms with Crippen molar-refractivity contribution in [3.05, 3.63) is 81.8 Å². The molecule has 1 N–H and O–H groups in total. The highest BCUT2D eigenvalue weighted by Gasteiger charge is 2.42. The Balaban J connectivity index is 1.50. The van der Waals surface area contributed by atoms with Gasteiger partial charge in [0.15, 0.2) is 0 Å². The van der Waals surface area contributed by atoms with Gasteiger partial charge in [0, 0.05) is 15.5 Å². The van der Waals surface area contributed by atoms with Crippen molar-refractivity contribution in [2.45, 2.75) is 49.8 Å². The Hall–Kier alpha value is -3.23. The van der Waals surface area contributed by atoms with Crippen LogP contribution in [0.25, 0.3) is 10.9 Å². The second-order valence-electron chi connectivity index (χ2n) is 10.1. The molecule has 4 aromatic rings. The zero-order valence-electron chi connectivity index (χ0n) is 22.4. The fourth-order valence-corrected chi connectivity index (χ4v) is 7.23. The van der Waals surface area contributed by atoms with Crippen molar-refractivity contribution in [3.63, 3.8) is 0 Å². The maximum absolute atomic E-state index is 14.3. The van der Waals surface area contributed by atoms with E-state index in [4.69, 9.17) is 9.47 Å². The summed E-state index contributed by atoms with van der Waals surface area (Å²) in [5, 5.41) is 14.5. The molecule has 1 aliphatic heterocycles. The first-order valence-electron chi connectivity index (χ1n) is 13.1. The summed E-state index contributed by atoms with van der Waals surface area (Å²) in [5.41, 5.74) is 0.708. The predicted octanol–water partition coefficient (Wildman–Crippen LogP) is 5.28. The Morgan fingerprint density at radius 2 is 1.88 bits per heavy atom. The van der Waals surface area contributed by atoms with E-state index in [2.05, 4.69) is 27.7 Å². The molecule has 0 spiro atoms. The van der Waals surface area contributed by atoms with Crippen LogP contribution in [0.1, 0.15) is 32.0 Å². The van der Waals surface area contributed by atoms with Crippen LogP contribution in [0.5, 0.6) is 11.5 Å². The van der Waals surface area contributed by atoms with E-state index in [1.807, 2.05) is 38.1 Å². The standard InChI is InChI=1S/C29H29FIN3O6S/c1-18(2)40-23-7-9-25(10-8-23)41(37,38)33-16-21(14-22(33)17-39-24-5-3-4-20(31)13-24)34-28-12-19(30)6-11-26(28)27(32-34)15-29(35)36/h3-13,18,21-22H,14-17H2,1-2H3,(H,35,36)/t21-,22-/m1/s1. The Kier molecular flexibility index (Phi) is 8.52. The van der Waals surface area contributed by atoms with Gasteiger partial charge in [-0.3, -0.25) is 9.48 Å². The quantitative estimate of drug-likeness (QED) is 0.225. The molecule has 216 valence electrons. The highest BCUT2D eigenvalue weighted by atomic mass is 127. The number of halogens is 2. The van der Waals surface area contributed by atoms with Crippen molar-refractivity contribution in [1.29, 1.82) is 0 Å². The van der Waals surface area contributed by atoms with Gasteiger partial charge in [0.2, 0.25) is 10.0 Å². The lowest BCUT2D eigenvalue weighted by Crippen LogP contribution is -2.39. The number of aromatic nitrogens is 2. The minimum Gasteiger partial charge on any atom is -0.492 e. The molecule has 0 bridgehead atoms. The molecule has 0 amide bonds. The van der Waals surface area contributed by atoms with E-state index in [1.165, 1.54) is 34.6 Å². The van der Waals surface area contributed by atoms with Gasteiger partial charge in [-0.25, -0.2) is 12.8 Å². The molecule has 41 heavy (non-hydrogen) atoms. The molecule has 1 aliphatic rings. The van der Waals surface area contributed by atoms with Crippen molar-refractivity contribution in [3.8, 4) is 11.5 Å². The number of ether oxygens (including phenoxy) is 2. The number of sulfonamides is 1. The van der Waals surface area contributed by atoms with Crippen LogP contribution in [0.2, 0.25) is 0 Å². The summed E-state index contributed by atoms with van der Waals surface area (Å²) in [5.74, 6) is -0.383. The Morgan fingerprint density at radius 1 is 1.12 bits per heavy atom. The van der Waals surface area contributed by atoms with Crippen LogP contribution in [0, 0.1) is 9.39 Å². The first-order valence-corrected chi connectivity index (χ1v) is 15.6. The van der Waals surface area contributed by atoms with Gasteiger partial charge in [-0.15, -0.1) is 0 Å². The normalized spacial score (nSPS) is 17.8. The Labute approximate surface area is 251 Å². The van der Waals surface area contributed by atoms with Crippen molar-refractivity contribution in [2.24, 2.45) is 0 Å². The van der Waals surface area contributed by atoms with E-state index < -0.39 is 33.9 Å². The third kappa shape index (κ3) is 6.49. The zero-order valence-corrected chi connectivity index (χ0v) is 25.4. The maximum atomic E-state index is 14.3. The molecule has 2 heterocycles. The molecule has 0 unspecified atom stereocenters. The van der Waals surface area contributed by atoms with Crippen molar-refractivity contribution >= 4 is 49.5 Å². The van der Waals surface area contributed by atoms with Gasteiger partial charge in [0.05, 0.1) is 40.7 Å². The van der Waals surface area contributed by atoms with Crippen molar-refractivity contribution in [2.75, 3.05) is 13.2 Å². The molecule has 1 fully saturated rings. The van der Waals surface area contributed by atoms with Gasteiger partial charge in [-0.2, -0.15) is 9.40 Å². The molecule has 0 radical (unpaired) electrons. The largest absolute Gasteiger partial charge is 0.492 e. The number of carboxylic acid groups (broad SMARTS) is 1. The van der Waals surface area contributed by atoms with Gasteiger partial charge in [-0.1, -0.05) is 6.07 Å². The van der Waals surface area contributed by atoms with Crippen molar-refractivity contribution in [1.82, 2.24) is 14.1 Å². The second-order valence-corrected chi connectivity index (χ2v) is 13.3. The SMILES string of the molecule is CC(C)Oc1ccc(S(=O)(=O)N2C[C@H](n3nc(CC(=O)O)c4ccc(F)cc43)C[C@@H]2COc2cccc(I)c2)cc1. The van der Waals surface area contributed by atoms with E-state index in [0.717, 1.165) is 3.57 Å². The van der Waals surface area contributed by atoms with Crippen molar-refractivity contribution < 1.29 is 32.2 Å². The Bertz CT molecular complexity index is 1680. The molecule has 2 atom stereocenters. The highest BCUT2D eigenvalue weighted by molar-refractivity contribution is 14.1. The number of aliphatic carboxylic acids is 1. The fourth-order valence-electron chi connectivity index (χ4n) is 5.06. The fraction of sp³-hybridized carbons (Fsp3) is 0.310. The molecule has 1 saturated heterocycles. The van der Waals surface area contributed by atoms with Gasteiger partial charge in [0.25, 0.3) is 0 Å². The average Bonchev–Trinajstić information content (AvgIpc) is 3.49. The number of nitrogens with zero attached hydrogens (tertiary/aromatic N) is 3. The second kappa shape index (κ2) is 11.9. The van der Waals surface area contributed by atoms with Crippen LogP contribution < -0.4 is 9.47 Å². The van der Waals surface area contributed by atoms with E-state index in [-0.39, 0.29) is 30.6 Å². The molecule has 0 aliphatic carbocycles. The summed E-state index contributed by atoms with van der Waals surface area (Å²) in [6.45, 7) is 3.91. The number of carbonyl (C=O) groups is 1. The summed E-state index contributed by atoms with van der Waals surface area (Å²) in [4.78, 5) is 11.6. The molecule has 9 nitrogen and oxygen atoms in total. The third-order valence-corrected chi connectivity index (χ3v) is 9.40. The number of rotatable bonds is 10. The topological polar surface area (TPSA) is 111 Å². The van der Waals surface area contributed by atoms with Crippen LogP contribution in [0.3, 0.4) is 0 Å². The van der Waals surface area contributed by atoms with E-state index in [1.54, 1.807) is 16.8 Å². The predicted molar refractivity (Wildman–Crippen MR) is 159 cm³/mol. The smallest absolute Gasteiger partial charge is 0.309 e. The van der Waals surface area contributed by atoms with E-state index in [9.17, 15) is 22.7 Å². The number of fused-ring (bicyclic) bond motifs is 1. The third-order valence-electron chi connectivity index (χ3n) is 6.79. The van der Waals surface area contributed by atoms with Gasteiger partial charge in [0.1, 0.15) is 23.9 Å². The minimum atomic E-state index is -3.97. The van der Waals surface area contributed by atoms with Crippen LogP contribution in [-0.4, -0.2) is 58.9 Å². The first-order chi connectivity index (χ1) is 19.5. The number of benzene rings is 3. The van der Waals surface area contributed by atoms with Crippen LogP contribution in [0.4, 0.5) is 4.39 Å². The summed E-state index contributed by atoms with van der Waals surface area (Å²) >= 11 is 2.18. The molecular formula is C29H29FIN3O6S. The van der Waals surface area contributed by atoms with Gasteiger partial charge in [-0.05, 0) is 104 Å². The molecule has 0 saturated carbocycles. The number of carboxylic acids is 1. The lowest BCUT2D eigenvalue weighted by atomic mass is 10.1. The summed E-state index contributed by atoms with van der Waals surface area (Å²) in [6, 6.07) is 16.8. The van der Waals surface area contributed by atoms with Crippen LogP contribution >= 0.6 is 22.6 Å². The highest BCUT2D eigenvalue weighted by Crippen LogP contribution is 2.36. The lowest BCUT2D eigenvalue weighted by Gasteiger charge is -2.24. The average molecular weight is 694 g/mol. The summed E-state index contributed by atoms with van der Waals surface area (Å²) in [6.07, 6.45) is -0.0650. The minimum absolute atomic E-state index is 0.0483. The molecule has 5 rings (SSSR count). The molecular weight excluding hydrogens is 664 g/mol. The Morgan fingerprint density at radius 3 is 2.56 bits per heavy atom. The maximum Gasteiger partial charge on any atom is 0.309 e. The van der Waals surface area contributed by atoms with Crippen LogP contribution in [0.15, 0.2) is 71.6 Å². The summed E-state index contributed by atoms with van der Waals surface area (Å²) < 4.78 is 57.8. The number of hydrogen-bond donors (Lipinski definition) is 1. The lowest BCUT2D eigenvalue weighted by molar-refractivity contribution is -0.136. The first kappa shape index (κ1) is 29.3. The molecule has 3 aromatic carbocycles. The van der Waals surface area contributed by atoms with E-state index >= 15 is 0 Å². The summed E-state index contributed by atoms with van der Waals surface area (Å²) in [7, 11) is -3.97.